The van der Waals surface area contributed by atoms with E-state index in [1.165, 1.54) is 11.1 Å². The second-order valence-corrected chi connectivity index (χ2v) is 6.54. The molecular weight excluding hydrogens is 334 g/mol. The largest absolute Gasteiger partial charge is 0.376 e. The topological polar surface area (TPSA) is 72.2 Å². The van der Waals surface area contributed by atoms with E-state index >= 15 is 0 Å². The van der Waals surface area contributed by atoms with E-state index in [0.29, 0.717) is 0 Å². The first-order chi connectivity index (χ1) is 13.0. The summed E-state index contributed by atoms with van der Waals surface area (Å²) in [5.74, 6) is 0.264. The van der Waals surface area contributed by atoms with E-state index < -0.39 is 0 Å². The van der Waals surface area contributed by atoms with Gasteiger partial charge in [0.2, 0.25) is 0 Å². The molecule has 27 heavy (non-hydrogen) atoms. The second-order valence-electron chi connectivity index (χ2n) is 6.54. The van der Waals surface area contributed by atoms with Crippen LogP contribution in [0.4, 0.5) is 0 Å². The lowest BCUT2D eigenvalue weighted by atomic mass is 9.94. The molecule has 0 aromatic rings. The third-order valence-corrected chi connectivity index (χ3v) is 4.39. The van der Waals surface area contributed by atoms with Crippen molar-refractivity contribution in [2.45, 2.75) is 52.9 Å². The van der Waals surface area contributed by atoms with E-state index in [-0.39, 0.29) is 12.5 Å². The van der Waals surface area contributed by atoms with Gasteiger partial charge in [-0.15, -0.1) is 0 Å². The molecule has 0 aromatic heterocycles. The van der Waals surface area contributed by atoms with Gasteiger partial charge in [0.15, 0.2) is 0 Å². The Morgan fingerprint density at radius 1 is 1.33 bits per heavy atom. The number of hydrogen-bond donors (Lipinski definition) is 3. The highest BCUT2D eigenvalue weighted by atomic mass is 15.3. The standard InChI is InChI=1S/C22H37N5/c1-7-9-10-14-22(20(5)25-8-2)18(3)12-11-13-21(17-27-24-6)19(4)26-16-15-23/h8,10,14,21,24,26-27H,2,4,7,9,11-13,16-17H2,1,3,5-6H3/b14-10-,22-18+,25-20?. The van der Waals surface area contributed by atoms with Crippen molar-refractivity contribution in [2.24, 2.45) is 10.9 Å². The quantitative estimate of drug-likeness (QED) is 0.173. The molecule has 0 aliphatic heterocycles. The van der Waals surface area contributed by atoms with E-state index in [1.807, 2.05) is 14.0 Å². The maximum atomic E-state index is 8.75. The number of aliphatic imine (C=N–C) groups is 1. The fourth-order valence-electron chi connectivity index (χ4n) is 2.82. The van der Waals surface area contributed by atoms with Gasteiger partial charge >= 0.3 is 0 Å². The molecule has 0 rings (SSSR count). The summed E-state index contributed by atoms with van der Waals surface area (Å²) in [5.41, 5.74) is 10.6. The highest BCUT2D eigenvalue weighted by Gasteiger charge is 2.13. The molecule has 0 heterocycles. The van der Waals surface area contributed by atoms with Crippen molar-refractivity contribution in [1.82, 2.24) is 16.2 Å². The molecule has 5 nitrogen and oxygen atoms in total. The van der Waals surface area contributed by atoms with Crippen LogP contribution in [0.5, 0.6) is 0 Å². The van der Waals surface area contributed by atoms with Crippen LogP contribution < -0.4 is 16.2 Å². The van der Waals surface area contributed by atoms with Crippen LogP contribution >= 0.6 is 0 Å². The summed E-state index contributed by atoms with van der Waals surface area (Å²) in [6.45, 7) is 15.3. The van der Waals surface area contributed by atoms with Crippen molar-refractivity contribution in [2.75, 3.05) is 20.1 Å². The Hall–Kier alpha value is -2.16. The molecule has 0 fully saturated rings. The minimum Gasteiger partial charge on any atom is -0.376 e. The molecule has 0 spiro atoms. The molecule has 0 saturated carbocycles. The minimum absolute atomic E-state index is 0.264. The molecule has 5 heteroatoms. The van der Waals surface area contributed by atoms with Crippen LogP contribution in [0.2, 0.25) is 0 Å². The molecule has 0 aromatic carbocycles. The van der Waals surface area contributed by atoms with Crippen molar-refractivity contribution < 1.29 is 0 Å². The number of rotatable bonds is 15. The summed E-state index contributed by atoms with van der Waals surface area (Å²) < 4.78 is 0. The molecule has 1 unspecified atom stereocenters. The summed E-state index contributed by atoms with van der Waals surface area (Å²) >= 11 is 0. The van der Waals surface area contributed by atoms with E-state index in [0.717, 1.165) is 50.1 Å². The molecule has 0 amide bonds. The van der Waals surface area contributed by atoms with Crippen molar-refractivity contribution in [3.8, 4) is 6.07 Å². The highest BCUT2D eigenvalue weighted by molar-refractivity contribution is 6.01. The third kappa shape index (κ3) is 11.2. The van der Waals surface area contributed by atoms with Gasteiger partial charge in [-0.25, -0.2) is 0 Å². The average Bonchev–Trinajstić information content (AvgIpc) is 2.65. The van der Waals surface area contributed by atoms with Crippen LogP contribution in [0, 0.1) is 17.2 Å². The molecule has 3 N–H and O–H groups in total. The summed E-state index contributed by atoms with van der Waals surface area (Å²) in [7, 11) is 1.85. The van der Waals surface area contributed by atoms with E-state index in [1.54, 1.807) is 6.20 Å². The number of unbranched alkanes of at least 4 members (excludes halogenated alkanes) is 1. The Morgan fingerprint density at radius 2 is 2.07 bits per heavy atom. The Kier molecular flexibility index (Phi) is 14.8. The van der Waals surface area contributed by atoms with Gasteiger partial charge < -0.3 is 5.32 Å². The third-order valence-electron chi connectivity index (χ3n) is 4.39. The number of allylic oxidation sites excluding steroid dienone is 4. The molecule has 0 aliphatic carbocycles. The Bertz CT molecular complexity index is 578. The zero-order valence-corrected chi connectivity index (χ0v) is 17.6. The fraction of sp³-hybridized carbons (Fsp3) is 0.545. The number of nitriles is 1. The normalized spacial score (nSPS) is 13.8. The van der Waals surface area contributed by atoms with Gasteiger partial charge in [-0.1, -0.05) is 44.2 Å². The lowest BCUT2D eigenvalue weighted by Gasteiger charge is -2.20. The van der Waals surface area contributed by atoms with Gasteiger partial charge in [0.1, 0.15) is 6.54 Å². The molecule has 0 bridgehead atoms. The SMILES string of the molecule is C=CN=C(C)C(/C=C\CCC)=C(\C)CCCC(CNNC)C(=C)NCC#N. The summed E-state index contributed by atoms with van der Waals surface area (Å²) in [6, 6.07) is 2.10. The smallest absolute Gasteiger partial charge is 0.103 e. The van der Waals surface area contributed by atoms with Gasteiger partial charge in [-0.2, -0.15) is 5.26 Å². The minimum atomic E-state index is 0.264. The maximum absolute atomic E-state index is 8.75. The number of hydrazine groups is 1. The summed E-state index contributed by atoms with van der Waals surface area (Å²) in [5, 5.41) is 11.8. The molecule has 150 valence electrons. The first-order valence-corrected chi connectivity index (χ1v) is 9.72. The number of hydrogen-bond acceptors (Lipinski definition) is 5. The first-order valence-electron chi connectivity index (χ1n) is 9.72. The number of nitrogens with zero attached hydrogens (tertiary/aromatic N) is 2. The molecule has 1 atom stereocenters. The van der Waals surface area contributed by atoms with Crippen LogP contribution in [0.1, 0.15) is 52.9 Å². The van der Waals surface area contributed by atoms with Crippen LogP contribution in [-0.4, -0.2) is 25.8 Å². The van der Waals surface area contributed by atoms with Gasteiger partial charge in [-0.05, 0) is 52.2 Å². The van der Waals surface area contributed by atoms with Gasteiger partial charge in [-0.3, -0.25) is 15.8 Å². The van der Waals surface area contributed by atoms with Gasteiger partial charge in [0, 0.05) is 30.1 Å². The highest BCUT2D eigenvalue weighted by Crippen LogP contribution is 2.20. The van der Waals surface area contributed by atoms with Crippen molar-refractivity contribution in [3.05, 3.63) is 48.4 Å². The zero-order valence-electron chi connectivity index (χ0n) is 17.6. The lowest BCUT2D eigenvalue weighted by Crippen LogP contribution is -2.35. The monoisotopic (exact) mass is 371 g/mol. The van der Waals surface area contributed by atoms with E-state index in [4.69, 9.17) is 5.26 Å². The predicted molar refractivity (Wildman–Crippen MR) is 117 cm³/mol. The molecular formula is C22H37N5. The Balaban J connectivity index is 5.02. The van der Waals surface area contributed by atoms with Crippen LogP contribution in [0.3, 0.4) is 0 Å². The molecule has 0 saturated heterocycles. The van der Waals surface area contributed by atoms with Crippen LogP contribution in [-0.2, 0) is 0 Å². The second kappa shape index (κ2) is 16.0. The Morgan fingerprint density at radius 3 is 2.67 bits per heavy atom. The van der Waals surface area contributed by atoms with Crippen molar-refractivity contribution in [1.29, 1.82) is 5.26 Å². The van der Waals surface area contributed by atoms with Crippen molar-refractivity contribution >= 4 is 5.71 Å². The average molecular weight is 372 g/mol. The van der Waals surface area contributed by atoms with E-state index in [9.17, 15) is 0 Å². The lowest BCUT2D eigenvalue weighted by molar-refractivity contribution is 0.442. The Labute approximate surface area is 166 Å². The maximum Gasteiger partial charge on any atom is 0.103 e. The predicted octanol–water partition coefficient (Wildman–Crippen LogP) is 4.40. The zero-order chi connectivity index (χ0) is 20.5. The van der Waals surface area contributed by atoms with Gasteiger partial charge in [0.25, 0.3) is 0 Å². The van der Waals surface area contributed by atoms with Gasteiger partial charge in [0.05, 0.1) is 6.07 Å². The fourth-order valence-corrected chi connectivity index (χ4v) is 2.82. The van der Waals surface area contributed by atoms with Crippen LogP contribution in [0.25, 0.3) is 0 Å². The molecule has 0 radical (unpaired) electrons. The summed E-state index contributed by atoms with van der Waals surface area (Å²) in [6.07, 6.45) is 11.2. The van der Waals surface area contributed by atoms with Crippen LogP contribution in [0.15, 0.2) is 53.3 Å². The first kappa shape index (κ1) is 24.8. The number of nitrogens with one attached hydrogen (secondary N) is 3. The van der Waals surface area contributed by atoms with Crippen molar-refractivity contribution in [3.63, 3.8) is 0 Å². The molecule has 0 aliphatic rings. The summed E-state index contributed by atoms with van der Waals surface area (Å²) in [4.78, 5) is 4.37. The van der Waals surface area contributed by atoms with E-state index in [2.05, 4.69) is 66.4 Å².